The minimum Gasteiger partial charge on any atom is -0.483 e. The zero-order valence-corrected chi connectivity index (χ0v) is 12.8. The maximum atomic E-state index is 12.0. The molecule has 0 saturated heterocycles. The highest BCUT2D eigenvalue weighted by atomic mass is 16.3. The van der Waals surface area contributed by atoms with Gasteiger partial charge in [0.1, 0.15) is 0 Å². The van der Waals surface area contributed by atoms with E-state index < -0.39 is 0 Å². The highest BCUT2D eigenvalue weighted by Crippen LogP contribution is 2.38. The third-order valence-corrected chi connectivity index (χ3v) is 3.24. The fourth-order valence-corrected chi connectivity index (χ4v) is 2.23. The molecule has 0 aliphatic heterocycles. The van der Waals surface area contributed by atoms with Gasteiger partial charge in [0, 0.05) is 29.9 Å². The molecule has 124 valence electrons. The molecule has 1 aliphatic rings. The summed E-state index contributed by atoms with van der Waals surface area (Å²) in [5.41, 5.74) is 8.44. The molecular formula is C14H20N6O3. The summed E-state index contributed by atoms with van der Waals surface area (Å²) in [5, 5.41) is 11.4. The molecule has 0 amide bonds. The normalized spacial score (nSPS) is 14.3. The number of nitrogens with two attached hydrogens (primary N) is 2. The SMILES string of the molecule is C/C(N)=C/N(N)Cc1cc2nc(C3CC3)cc(=O)n2[nH]1.O=CO. The average molecular weight is 320 g/mol. The lowest BCUT2D eigenvalue weighted by Gasteiger charge is -2.12. The van der Waals surface area contributed by atoms with Crippen LogP contribution in [0, 0.1) is 0 Å². The number of nitrogens with zero attached hydrogens (tertiary/aromatic N) is 3. The summed E-state index contributed by atoms with van der Waals surface area (Å²) in [6.45, 7) is 1.94. The van der Waals surface area contributed by atoms with Gasteiger partial charge in [-0.15, -0.1) is 0 Å². The average Bonchev–Trinajstić information content (AvgIpc) is 3.20. The summed E-state index contributed by atoms with van der Waals surface area (Å²) in [6, 6.07) is 3.45. The summed E-state index contributed by atoms with van der Waals surface area (Å²) in [6.07, 6.45) is 3.88. The van der Waals surface area contributed by atoms with E-state index in [0.29, 0.717) is 23.8 Å². The zero-order chi connectivity index (χ0) is 17.0. The van der Waals surface area contributed by atoms with Crippen molar-refractivity contribution in [3.05, 3.63) is 45.8 Å². The number of carboxylic acid groups (broad SMARTS) is 1. The van der Waals surface area contributed by atoms with E-state index in [1.54, 1.807) is 19.2 Å². The van der Waals surface area contributed by atoms with Crippen LogP contribution in [0.5, 0.6) is 0 Å². The van der Waals surface area contributed by atoms with E-state index in [1.807, 2.05) is 6.07 Å². The van der Waals surface area contributed by atoms with E-state index >= 15 is 0 Å². The Morgan fingerprint density at radius 3 is 2.78 bits per heavy atom. The number of hydrazine groups is 1. The third kappa shape index (κ3) is 4.33. The lowest BCUT2D eigenvalue weighted by atomic mass is 10.3. The molecule has 3 rings (SSSR count). The first-order valence-corrected chi connectivity index (χ1v) is 7.09. The van der Waals surface area contributed by atoms with Gasteiger partial charge in [0.25, 0.3) is 12.0 Å². The number of hydrogen-bond acceptors (Lipinski definition) is 6. The second kappa shape index (κ2) is 6.97. The molecule has 2 heterocycles. The van der Waals surface area contributed by atoms with Crippen LogP contribution in [-0.4, -0.2) is 31.2 Å². The van der Waals surface area contributed by atoms with Gasteiger partial charge in [-0.2, -0.15) is 0 Å². The Morgan fingerprint density at radius 1 is 1.57 bits per heavy atom. The van der Waals surface area contributed by atoms with E-state index in [0.717, 1.165) is 24.2 Å². The number of aromatic amines is 1. The molecule has 6 N–H and O–H groups in total. The molecule has 9 heteroatoms. The molecule has 9 nitrogen and oxygen atoms in total. The van der Waals surface area contributed by atoms with Crippen LogP contribution in [0.25, 0.3) is 5.65 Å². The number of H-pyrrole nitrogens is 1. The highest BCUT2D eigenvalue weighted by molar-refractivity contribution is 5.40. The number of nitrogens with one attached hydrogen (secondary N) is 1. The van der Waals surface area contributed by atoms with Crippen LogP contribution in [0.4, 0.5) is 0 Å². The lowest BCUT2D eigenvalue weighted by molar-refractivity contribution is -0.122. The molecule has 1 saturated carbocycles. The van der Waals surface area contributed by atoms with E-state index in [1.165, 1.54) is 9.52 Å². The smallest absolute Gasteiger partial charge is 0.290 e. The third-order valence-electron chi connectivity index (χ3n) is 3.24. The summed E-state index contributed by atoms with van der Waals surface area (Å²) in [5.74, 6) is 6.26. The molecular weight excluding hydrogens is 300 g/mol. The number of rotatable bonds is 4. The Bertz CT molecular complexity index is 770. The van der Waals surface area contributed by atoms with Crippen molar-refractivity contribution in [3.8, 4) is 0 Å². The van der Waals surface area contributed by atoms with Gasteiger partial charge in [-0.3, -0.25) is 14.7 Å². The first-order chi connectivity index (χ1) is 10.9. The quantitative estimate of drug-likeness (QED) is 0.355. The Balaban J connectivity index is 0.000000595. The van der Waals surface area contributed by atoms with E-state index in [2.05, 4.69) is 10.1 Å². The van der Waals surface area contributed by atoms with E-state index in [9.17, 15) is 4.79 Å². The van der Waals surface area contributed by atoms with Gasteiger partial charge < -0.3 is 15.8 Å². The topological polar surface area (TPSA) is 143 Å². The van der Waals surface area contributed by atoms with Crippen LogP contribution < -0.4 is 17.1 Å². The Kier molecular flexibility index (Phi) is 5.02. The van der Waals surface area contributed by atoms with Gasteiger partial charge in [0.15, 0.2) is 5.65 Å². The van der Waals surface area contributed by atoms with Crippen molar-refractivity contribution < 1.29 is 9.90 Å². The molecule has 0 bridgehead atoms. The van der Waals surface area contributed by atoms with Gasteiger partial charge in [-0.1, -0.05) is 0 Å². The minimum atomic E-state index is -0.250. The van der Waals surface area contributed by atoms with Crippen LogP contribution in [0.3, 0.4) is 0 Å². The monoisotopic (exact) mass is 320 g/mol. The summed E-state index contributed by atoms with van der Waals surface area (Å²) >= 11 is 0. The van der Waals surface area contributed by atoms with Crippen LogP contribution in [0.2, 0.25) is 0 Å². The predicted octanol–water partition coefficient (Wildman–Crippen LogP) is 0.0965. The molecule has 1 aliphatic carbocycles. The van der Waals surface area contributed by atoms with Crippen LogP contribution in [-0.2, 0) is 11.3 Å². The first kappa shape index (κ1) is 16.6. The molecule has 23 heavy (non-hydrogen) atoms. The van der Waals surface area contributed by atoms with Crippen molar-refractivity contribution >= 4 is 12.1 Å². The molecule has 0 aromatic carbocycles. The van der Waals surface area contributed by atoms with Crippen molar-refractivity contribution in [2.75, 3.05) is 0 Å². The van der Waals surface area contributed by atoms with Gasteiger partial charge in [0.05, 0.1) is 17.9 Å². The standard InChI is InChI=1S/C13H18N6O.CH2O2/c1-8(14)6-18(15)7-10-4-12-16-11(9-2-3-9)5-13(20)19(12)17-10;2-1-3/h4-6,9,17H,2-3,7,14-15H2,1H3;1H,(H,2,3)/b8-6-;. The number of carbonyl (C=O) groups is 1. The molecule has 0 atom stereocenters. The van der Waals surface area contributed by atoms with E-state index in [-0.39, 0.29) is 12.0 Å². The van der Waals surface area contributed by atoms with Gasteiger partial charge in [-0.05, 0) is 19.8 Å². The van der Waals surface area contributed by atoms with Crippen LogP contribution in [0.15, 0.2) is 28.8 Å². The van der Waals surface area contributed by atoms with Crippen LogP contribution in [0.1, 0.15) is 37.1 Å². The maximum absolute atomic E-state index is 12.0. The van der Waals surface area contributed by atoms with Gasteiger partial charge >= 0.3 is 0 Å². The first-order valence-electron chi connectivity index (χ1n) is 7.09. The highest BCUT2D eigenvalue weighted by Gasteiger charge is 2.26. The Hall–Kier alpha value is -2.81. The lowest BCUT2D eigenvalue weighted by Crippen LogP contribution is -2.26. The van der Waals surface area contributed by atoms with Crippen molar-refractivity contribution in [1.82, 2.24) is 19.6 Å². The fraction of sp³-hybridized carbons (Fsp3) is 0.357. The van der Waals surface area contributed by atoms with Crippen molar-refractivity contribution in [2.24, 2.45) is 11.6 Å². The minimum absolute atomic E-state index is 0.0859. The maximum Gasteiger partial charge on any atom is 0.290 e. The van der Waals surface area contributed by atoms with Crippen molar-refractivity contribution in [1.29, 1.82) is 0 Å². The molecule has 2 aromatic heterocycles. The summed E-state index contributed by atoms with van der Waals surface area (Å²) in [7, 11) is 0. The van der Waals surface area contributed by atoms with Gasteiger partial charge in [0.2, 0.25) is 0 Å². The van der Waals surface area contributed by atoms with Gasteiger partial charge in [-0.25, -0.2) is 15.3 Å². The van der Waals surface area contributed by atoms with Crippen molar-refractivity contribution in [2.45, 2.75) is 32.2 Å². The number of hydrogen-bond donors (Lipinski definition) is 4. The second-order valence-electron chi connectivity index (χ2n) is 5.42. The van der Waals surface area contributed by atoms with Crippen molar-refractivity contribution in [3.63, 3.8) is 0 Å². The summed E-state index contributed by atoms with van der Waals surface area (Å²) < 4.78 is 1.44. The number of allylic oxidation sites excluding steroid dienone is 1. The Morgan fingerprint density at radius 2 is 2.22 bits per heavy atom. The molecule has 0 spiro atoms. The Labute approximate surface area is 132 Å². The number of aromatic nitrogens is 3. The molecule has 0 unspecified atom stereocenters. The zero-order valence-electron chi connectivity index (χ0n) is 12.8. The molecule has 0 radical (unpaired) electrons. The summed E-state index contributed by atoms with van der Waals surface area (Å²) in [4.78, 5) is 24.9. The van der Waals surface area contributed by atoms with E-state index in [4.69, 9.17) is 21.5 Å². The fourth-order valence-electron chi connectivity index (χ4n) is 2.23. The number of fused-ring (bicyclic) bond motifs is 1. The second-order valence-corrected chi connectivity index (χ2v) is 5.42. The van der Waals surface area contributed by atoms with Crippen LogP contribution >= 0.6 is 0 Å². The molecule has 1 fully saturated rings. The largest absolute Gasteiger partial charge is 0.483 e. The predicted molar refractivity (Wildman–Crippen MR) is 84.2 cm³/mol. The molecule has 2 aromatic rings.